The van der Waals surface area contributed by atoms with Crippen molar-refractivity contribution in [1.29, 1.82) is 0 Å². The van der Waals surface area contributed by atoms with Crippen molar-refractivity contribution in [3.05, 3.63) is 0 Å². The van der Waals surface area contributed by atoms with Crippen molar-refractivity contribution < 1.29 is 5.11 Å². The lowest BCUT2D eigenvalue weighted by molar-refractivity contribution is -0.142. The predicted molar refractivity (Wildman–Crippen MR) is 87.0 cm³/mol. The van der Waals surface area contributed by atoms with Crippen LogP contribution in [0.3, 0.4) is 0 Å². The van der Waals surface area contributed by atoms with Gasteiger partial charge in [-0.15, -0.1) is 0 Å². The van der Waals surface area contributed by atoms with E-state index in [1.165, 1.54) is 51.4 Å². The van der Waals surface area contributed by atoms with E-state index in [4.69, 9.17) is 0 Å². The van der Waals surface area contributed by atoms with E-state index >= 15 is 0 Å². The van der Waals surface area contributed by atoms with Crippen LogP contribution in [0.5, 0.6) is 0 Å². The highest BCUT2D eigenvalue weighted by Gasteiger charge is 2.58. The minimum absolute atomic E-state index is 0.381. The molecule has 4 fully saturated rings. The summed E-state index contributed by atoms with van der Waals surface area (Å²) < 4.78 is 0. The molecule has 4 rings (SSSR count). The van der Waals surface area contributed by atoms with Crippen LogP contribution in [0.2, 0.25) is 0 Å². The van der Waals surface area contributed by atoms with Gasteiger partial charge in [0.15, 0.2) is 0 Å². The van der Waals surface area contributed by atoms with Gasteiger partial charge in [0.2, 0.25) is 0 Å². The van der Waals surface area contributed by atoms with Crippen LogP contribution in [0.25, 0.3) is 0 Å². The van der Waals surface area contributed by atoms with E-state index < -0.39 is 0 Å². The molecule has 0 aromatic carbocycles. The van der Waals surface area contributed by atoms with E-state index in [0.29, 0.717) is 10.8 Å². The van der Waals surface area contributed by atoms with E-state index in [1.807, 2.05) is 0 Å². The third-order valence-corrected chi connectivity index (χ3v) is 8.73. The van der Waals surface area contributed by atoms with Crippen LogP contribution in [0.4, 0.5) is 0 Å². The lowest BCUT2D eigenvalue weighted by atomic mass is 9.44. The molecule has 0 bridgehead atoms. The predicted octanol–water partition coefficient (Wildman–Crippen LogP) is 5.17. The molecule has 0 aromatic heterocycles. The molecular weight excluding hydrogens is 256 g/mol. The fraction of sp³-hybridized carbons (Fsp3) is 1.00. The largest absolute Gasteiger partial charge is 0.390 e. The Morgan fingerprint density at radius 2 is 1.62 bits per heavy atom. The second-order valence-electron chi connectivity index (χ2n) is 9.94. The molecule has 0 amide bonds. The molecule has 1 N–H and O–H groups in total. The second-order valence-corrected chi connectivity index (χ2v) is 9.94. The Bertz CT molecular complexity index is 428. The molecule has 1 nitrogen and oxygen atoms in total. The van der Waals surface area contributed by atoms with Crippen molar-refractivity contribution in [2.24, 2.45) is 34.5 Å². The summed E-state index contributed by atoms with van der Waals surface area (Å²) in [6, 6.07) is 0. The van der Waals surface area contributed by atoms with E-state index in [-0.39, 0.29) is 5.60 Å². The summed E-state index contributed by atoms with van der Waals surface area (Å²) in [5.74, 6) is 3.78. The van der Waals surface area contributed by atoms with E-state index in [2.05, 4.69) is 20.8 Å². The fourth-order valence-electron chi connectivity index (χ4n) is 7.42. The molecule has 4 aliphatic rings. The maximum absolute atomic E-state index is 10.5. The van der Waals surface area contributed by atoms with Crippen molar-refractivity contribution in [3.8, 4) is 0 Å². The molecule has 0 heterocycles. The van der Waals surface area contributed by atoms with Crippen LogP contribution in [0.15, 0.2) is 0 Å². The van der Waals surface area contributed by atoms with Crippen LogP contribution < -0.4 is 0 Å². The number of rotatable bonds is 0. The SMILES string of the molecule is C[C@@]1(O)CC[C@@]2(C)[C@@H](CC[C@H]3[C@@H]4CCC[C@@]4(C)CC[C@@H]32)C1. The standard InChI is InChI=1S/C20H34O/c1-18-9-4-5-16(18)15-7-6-14-13-19(2,21)11-12-20(14,3)17(15)8-10-18/h14-17,21H,4-13H2,1-3H3/t14-,15-,16-,17-,18-,19+,20-/m0/s1. The molecule has 120 valence electrons. The van der Waals surface area contributed by atoms with Crippen molar-refractivity contribution in [1.82, 2.24) is 0 Å². The molecule has 7 atom stereocenters. The van der Waals surface area contributed by atoms with E-state index in [1.54, 1.807) is 0 Å². The normalized spacial score (nSPS) is 60.0. The van der Waals surface area contributed by atoms with Gasteiger partial charge >= 0.3 is 0 Å². The van der Waals surface area contributed by atoms with Gasteiger partial charge in [-0.1, -0.05) is 20.3 Å². The number of aliphatic hydroxyl groups is 1. The Balaban J connectivity index is 1.62. The average Bonchev–Trinajstić information content (AvgIpc) is 2.81. The first-order chi connectivity index (χ1) is 9.84. The highest BCUT2D eigenvalue weighted by Crippen LogP contribution is 2.66. The van der Waals surface area contributed by atoms with Gasteiger partial charge in [-0.05, 0) is 99.2 Å². The number of fused-ring (bicyclic) bond motifs is 5. The average molecular weight is 290 g/mol. The Labute approximate surface area is 130 Å². The van der Waals surface area contributed by atoms with Gasteiger partial charge in [0.05, 0.1) is 5.60 Å². The molecule has 0 spiro atoms. The van der Waals surface area contributed by atoms with E-state index in [9.17, 15) is 5.11 Å². The Morgan fingerprint density at radius 1 is 0.810 bits per heavy atom. The summed E-state index contributed by atoms with van der Waals surface area (Å²) in [5.41, 5.74) is 0.840. The zero-order chi connectivity index (χ0) is 14.9. The monoisotopic (exact) mass is 290 g/mol. The minimum atomic E-state index is -0.381. The Hall–Kier alpha value is -0.0400. The van der Waals surface area contributed by atoms with Crippen LogP contribution in [0, 0.1) is 34.5 Å². The molecule has 4 aliphatic carbocycles. The topological polar surface area (TPSA) is 20.2 Å². The van der Waals surface area contributed by atoms with Gasteiger partial charge in [0.25, 0.3) is 0 Å². The summed E-state index contributed by atoms with van der Waals surface area (Å²) in [5, 5.41) is 10.5. The maximum Gasteiger partial charge on any atom is 0.0622 e. The first-order valence-electron chi connectivity index (χ1n) is 9.57. The van der Waals surface area contributed by atoms with Gasteiger partial charge < -0.3 is 5.11 Å². The lowest BCUT2D eigenvalue weighted by Crippen LogP contribution is -2.54. The second kappa shape index (κ2) is 4.49. The first kappa shape index (κ1) is 14.5. The quantitative estimate of drug-likeness (QED) is 0.652. The highest BCUT2D eigenvalue weighted by molar-refractivity contribution is 5.08. The molecule has 21 heavy (non-hydrogen) atoms. The van der Waals surface area contributed by atoms with Gasteiger partial charge in [0, 0.05) is 0 Å². The number of hydrogen-bond donors (Lipinski definition) is 1. The zero-order valence-corrected chi connectivity index (χ0v) is 14.3. The highest BCUT2D eigenvalue weighted by atomic mass is 16.3. The Kier molecular flexibility index (Phi) is 3.11. The number of hydrogen-bond acceptors (Lipinski definition) is 1. The van der Waals surface area contributed by atoms with Gasteiger partial charge in [-0.3, -0.25) is 0 Å². The maximum atomic E-state index is 10.5. The summed E-state index contributed by atoms with van der Waals surface area (Å²) in [6.07, 6.45) is 13.7. The molecule has 0 saturated heterocycles. The molecule has 1 heteroatoms. The van der Waals surface area contributed by atoms with Crippen molar-refractivity contribution in [2.45, 2.75) is 90.6 Å². The van der Waals surface area contributed by atoms with Crippen molar-refractivity contribution in [2.75, 3.05) is 0 Å². The first-order valence-corrected chi connectivity index (χ1v) is 9.57. The molecule has 0 unspecified atom stereocenters. The third-order valence-electron chi connectivity index (χ3n) is 8.73. The molecular formula is C20H34O. The lowest BCUT2D eigenvalue weighted by Gasteiger charge is -2.61. The minimum Gasteiger partial charge on any atom is -0.390 e. The van der Waals surface area contributed by atoms with Crippen molar-refractivity contribution in [3.63, 3.8) is 0 Å². The van der Waals surface area contributed by atoms with Crippen LogP contribution in [-0.2, 0) is 0 Å². The molecule has 0 aromatic rings. The molecule has 4 saturated carbocycles. The van der Waals surface area contributed by atoms with Crippen molar-refractivity contribution >= 4 is 0 Å². The summed E-state index contributed by atoms with van der Waals surface area (Å²) >= 11 is 0. The summed E-state index contributed by atoms with van der Waals surface area (Å²) in [4.78, 5) is 0. The fourth-order valence-corrected chi connectivity index (χ4v) is 7.42. The Morgan fingerprint density at radius 3 is 2.43 bits per heavy atom. The van der Waals surface area contributed by atoms with Crippen LogP contribution in [-0.4, -0.2) is 10.7 Å². The molecule has 0 aliphatic heterocycles. The summed E-state index contributed by atoms with van der Waals surface area (Å²) in [6.45, 7) is 7.27. The van der Waals surface area contributed by atoms with Gasteiger partial charge in [-0.25, -0.2) is 0 Å². The molecule has 0 radical (unpaired) electrons. The van der Waals surface area contributed by atoms with Gasteiger partial charge in [0.1, 0.15) is 0 Å². The zero-order valence-electron chi connectivity index (χ0n) is 14.3. The van der Waals surface area contributed by atoms with Gasteiger partial charge in [-0.2, -0.15) is 0 Å². The summed E-state index contributed by atoms with van der Waals surface area (Å²) in [7, 11) is 0. The van der Waals surface area contributed by atoms with E-state index in [0.717, 1.165) is 36.5 Å². The smallest absolute Gasteiger partial charge is 0.0622 e. The third kappa shape index (κ3) is 2.06. The van der Waals surface area contributed by atoms with Crippen LogP contribution in [0.1, 0.15) is 85.0 Å². The van der Waals surface area contributed by atoms with Crippen LogP contribution >= 0.6 is 0 Å².